The van der Waals surface area contributed by atoms with Crippen LogP contribution < -0.4 is 4.90 Å². The van der Waals surface area contributed by atoms with Crippen LogP contribution in [0.1, 0.15) is 0 Å². The van der Waals surface area contributed by atoms with Crippen LogP contribution in [-0.2, 0) is 0 Å². The Balaban J connectivity index is 2.20. The standard InChI is InChI=1S/C5H5N3S2/c1-2-9-4-8(1)5-3-10-7-6-5/h1-3H,4H2. The second kappa shape index (κ2) is 2.59. The Morgan fingerprint density at radius 3 is 3.20 bits per heavy atom. The molecule has 0 spiro atoms. The quantitative estimate of drug-likeness (QED) is 0.640. The van der Waals surface area contributed by atoms with E-state index >= 15 is 0 Å². The van der Waals surface area contributed by atoms with Gasteiger partial charge in [0, 0.05) is 6.20 Å². The van der Waals surface area contributed by atoms with Crippen LogP contribution in [0.25, 0.3) is 0 Å². The predicted molar refractivity (Wildman–Crippen MR) is 44.0 cm³/mol. The zero-order chi connectivity index (χ0) is 6.81. The summed E-state index contributed by atoms with van der Waals surface area (Å²) < 4.78 is 3.77. The molecule has 0 saturated carbocycles. The van der Waals surface area contributed by atoms with E-state index in [4.69, 9.17) is 0 Å². The van der Waals surface area contributed by atoms with Crippen LogP contribution in [0.2, 0.25) is 0 Å². The lowest BCUT2D eigenvalue weighted by Gasteiger charge is -2.07. The highest BCUT2D eigenvalue weighted by Crippen LogP contribution is 2.21. The number of nitrogens with zero attached hydrogens (tertiary/aromatic N) is 3. The minimum absolute atomic E-state index is 0.950. The van der Waals surface area contributed by atoms with Gasteiger partial charge in [0.05, 0.1) is 11.3 Å². The molecule has 0 aromatic carbocycles. The lowest BCUT2D eigenvalue weighted by atomic mass is 10.7. The number of aromatic nitrogens is 2. The van der Waals surface area contributed by atoms with E-state index < -0.39 is 0 Å². The van der Waals surface area contributed by atoms with Crippen LogP contribution >= 0.6 is 23.3 Å². The normalized spacial score (nSPS) is 16.6. The lowest BCUT2D eigenvalue weighted by molar-refractivity contribution is 1.06. The highest BCUT2D eigenvalue weighted by atomic mass is 32.2. The second-order valence-electron chi connectivity index (χ2n) is 1.81. The minimum atomic E-state index is 0.950. The van der Waals surface area contributed by atoms with Gasteiger partial charge < -0.3 is 4.90 Å². The molecule has 0 fully saturated rings. The first-order valence-corrected chi connectivity index (χ1v) is 4.67. The fourth-order valence-corrected chi connectivity index (χ4v) is 1.86. The molecular formula is C5H5N3S2. The highest BCUT2D eigenvalue weighted by molar-refractivity contribution is 8.02. The van der Waals surface area contributed by atoms with E-state index in [0.717, 1.165) is 11.7 Å². The van der Waals surface area contributed by atoms with Crippen LogP contribution in [0.4, 0.5) is 5.82 Å². The topological polar surface area (TPSA) is 29.0 Å². The third-order valence-electron chi connectivity index (χ3n) is 1.19. The number of rotatable bonds is 1. The smallest absolute Gasteiger partial charge is 0.168 e. The van der Waals surface area contributed by atoms with Gasteiger partial charge in [-0.3, -0.25) is 0 Å². The fraction of sp³-hybridized carbons (Fsp3) is 0.200. The van der Waals surface area contributed by atoms with E-state index in [9.17, 15) is 0 Å². The van der Waals surface area contributed by atoms with Gasteiger partial charge in [0.15, 0.2) is 5.82 Å². The summed E-state index contributed by atoms with van der Waals surface area (Å²) in [6, 6.07) is 0. The van der Waals surface area contributed by atoms with Gasteiger partial charge in [-0.05, 0) is 16.9 Å². The Kier molecular flexibility index (Phi) is 1.60. The summed E-state index contributed by atoms with van der Waals surface area (Å²) in [5.74, 6) is 1.91. The number of hydrogen-bond acceptors (Lipinski definition) is 5. The molecule has 0 bridgehead atoms. The van der Waals surface area contributed by atoms with Crippen molar-refractivity contribution in [2.75, 3.05) is 10.8 Å². The number of thioether (sulfide) groups is 1. The van der Waals surface area contributed by atoms with Crippen molar-refractivity contribution in [1.29, 1.82) is 0 Å². The Morgan fingerprint density at radius 2 is 2.60 bits per heavy atom. The first-order chi connectivity index (χ1) is 4.97. The Morgan fingerprint density at radius 1 is 1.60 bits per heavy atom. The molecule has 1 aromatic rings. The van der Waals surface area contributed by atoms with E-state index in [-0.39, 0.29) is 0 Å². The van der Waals surface area contributed by atoms with E-state index in [1.807, 2.05) is 11.6 Å². The molecule has 0 aliphatic carbocycles. The fourth-order valence-electron chi connectivity index (χ4n) is 0.710. The zero-order valence-electron chi connectivity index (χ0n) is 5.10. The van der Waals surface area contributed by atoms with Crippen LogP contribution in [0.3, 0.4) is 0 Å². The van der Waals surface area contributed by atoms with Gasteiger partial charge in [0.2, 0.25) is 0 Å². The Hall–Kier alpha value is -0.550. The van der Waals surface area contributed by atoms with Crippen LogP contribution in [0.15, 0.2) is 17.0 Å². The Bertz CT molecular complexity index is 231. The maximum Gasteiger partial charge on any atom is 0.168 e. The molecule has 0 saturated heterocycles. The molecule has 0 unspecified atom stereocenters. The van der Waals surface area contributed by atoms with Crippen molar-refractivity contribution in [1.82, 2.24) is 9.59 Å². The van der Waals surface area contributed by atoms with Gasteiger partial charge in [0.1, 0.15) is 0 Å². The maximum absolute atomic E-state index is 3.93. The summed E-state index contributed by atoms with van der Waals surface area (Å²) in [6.45, 7) is 0. The first kappa shape index (κ1) is 6.18. The van der Waals surface area contributed by atoms with E-state index in [2.05, 4.69) is 19.9 Å². The van der Waals surface area contributed by atoms with Crippen molar-refractivity contribution in [2.45, 2.75) is 0 Å². The molecule has 0 atom stereocenters. The van der Waals surface area contributed by atoms with E-state index in [1.165, 1.54) is 11.5 Å². The summed E-state index contributed by atoms with van der Waals surface area (Å²) in [5.41, 5.74) is 0. The van der Waals surface area contributed by atoms with Crippen LogP contribution in [-0.4, -0.2) is 15.5 Å². The van der Waals surface area contributed by atoms with Gasteiger partial charge in [-0.1, -0.05) is 4.49 Å². The summed E-state index contributed by atoms with van der Waals surface area (Å²) >= 11 is 3.14. The van der Waals surface area contributed by atoms with Gasteiger partial charge in [-0.2, -0.15) is 0 Å². The van der Waals surface area contributed by atoms with Crippen molar-refractivity contribution in [3.8, 4) is 0 Å². The molecule has 52 valence electrons. The molecule has 10 heavy (non-hydrogen) atoms. The summed E-state index contributed by atoms with van der Waals surface area (Å²) in [5, 5.41) is 7.92. The van der Waals surface area contributed by atoms with Crippen molar-refractivity contribution >= 4 is 29.1 Å². The number of hydrogen-bond donors (Lipinski definition) is 0. The molecule has 1 aliphatic rings. The van der Waals surface area contributed by atoms with Crippen molar-refractivity contribution in [3.63, 3.8) is 0 Å². The molecule has 1 aliphatic heterocycles. The van der Waals surface area contributed by atoms with Crippen LogP contribution in [0.5, 0.6) is 0 Å². The Labute approximate surface area is 66.9 Å². The minimum Gasteiger partial charge on any atom is -0.320 e. The van der Waals surface area contributed by atoms with Crippen LogP contribution in [0, 0.1) is 0 Å². The van der Waals surface area contributed by atoms with Gasteiger partial charge in [0.25, 0.3) is 0 Å². The van der Waals surface area contributed by atoms with Crippen molar-refractivity contribution < 1.29 is 0 Å². The molecule has 0 amide bonds. The molecule has 2 heterocycles. The van der Waals surface area contributed by atoms with Gasteiger partial charge in [-0.15, -0.1) is 16.9 Å². The van der Waals surface area contributed by atoms with Crippen molar-refractivity contribution in [3.05, 3.63) is 17.0 Å². The van der Waals surface area contributed by atoms with E-state index in [0.29, 0.717) is 0 Å². The first-order valence-electron chi connectivity index (χ1n) is 2.79. The van der Waals surface area contributed by atoms with E-state index in [1.54, 1.807) is 11.8 Å². The third kappa shape index (κ3) is 1.02. The molecule has 2 rings (SSSR count). The van der Waals surface area contributed by atoms with Crippen molar-refractivity contribution in [2.24, 2.45) is 0 Å². The second-order valence-corrected chi connectivity index (χ2v) is 3.29. The summed E-state index contributed by atoms with van der Waals surface area (Å²) in [4.78, 5) is 2.06. The number of anilines is 1. The molecular weight excluding hydrogens is 166 g/mol. The monoisotopic (exact) mass is 171 g/mol. The lowest BCUT2D eigenvalue weighted by Crippen LogP contribution is -2.10. The van der Waals surface area contributed by atoms with Gasteiger partial charge >= 0.3 is 0 Å². The molecule has 3 nitrogen and oxygen atoms in total. The molecule has 1 aromatic heterocycles. The SMILES string of the molecule is C1=CN(c2csnn2)CS1. The predicted octanol–water partition coefficient (Wildman–Crippen LogP) is 1.52. The molecule has 0 N–H and O–H groups in total. The largest absolute Gasteiger partial charge is 0.320 e. The van der Waals surface area contributed by atoms with Gasteiger partial charge in [-0.25, -0.2) is 0 Å². The molecule has 5 heteroatoms. The average molecular weight is 171 g/mol. The summed E-state index contributed by atoms with van der Waals surface area (Å²) in [6.07, 6.45) is 2.02. The summed E-state index contributed by atoms with van der Waals surface area (Å²) in [7, 11) is 0. The average Bonchev–Trinajstić information content (AvgIpc) is 2.59. The third-order valence-corrected chi connectivity index (χ3v) is 2.43. The highest BCUT2D eigenvalue weighted by Gasteiger charge is 2.08. The maximum atomic E-state index is 3.93. The zero-order valence-corrected chi connectivity index (χ0v) is 6.73. The molecule has 0 radical (unpaired) electrons.